The third-order valence-corrected chi connectivity index (χ3v) is 1.96. The molecular weight excluding hydrogens is 118 g/mol. The van der Waals surface area contributed by atoms with Crippen molar-refractivity contribution in [2.75, 3.05) is 26.3 Å². The second-order valence-electron chi connectivity index (χ2n) is 2.58. The van der Waals surface area contributed by atoms with Crippen LogP contribution in [0.3, 0.4) is 0 Å². The van der Waals surface area contributed by atoms with Crippen LogP contribution in [0.1, 0.15) is 0 Å². The molecule has 9 heavy (non-hydrogen) atoms. The smallest absolute Gasteiger partial charge is 0.138 e. The van der Waals surface area contributed by atoms with Crippen LogP contribution in [0.5, 0.6) is 0 Å². The fourth-order valence-corrected chi connectivity index (χ4v) is 1.48. The monoisotopic (exact) mass is 130 g/mol. The van der Waals surface area contributed by atoms with Crippen LogP contribution in [-0.2, 0) is 9.47 Å². The van der Waals surface area contributed by atoms with Gasteiger partial charge in [-0.2, -0.15) is 0 Å². The van der Waals surface area contributed by atoms with Crippen LogP contribution in [0.4, 0.5) is 0 Å². The van der Waals surface area contributed by atoms with Crippen LogP contribution >= 0.6 is 0 Å². The molecule has 3 nitrogen and oxygen atoms in total. The number of ether oxygens (including phenoxy) is 2. The zero-order valence-corrected chi connectivity index (χ0v) is 5.38. The highest BCUT2D eigenvalue weighted by molar-refractivity contribution is 4.75. The molecule has 0 aliphatic carbocycles. The summed E-state index contributed by atoms with van der Waals surface area (Å²) in [6.07, 6.45) is 0.775. The van der Waals surface area contributed by atoms with E-state index >= 15 is 0 Å². The minimum absolute atomic E-state index is 0.388. The van der Waals surface area contributed by atoms with Gasteiger partial charge in [-0.15, -0.1) is 0 Å². The Morgan fingerprint density at radius 1 is 1.00 bits per heavy atom. The lowest BCUT2D eigenvalue weighted by molar-refractivity contribution is -0.640. The van der Waals surface area contributed by atoms with Gasteiger partial charge in [-0.1, -0.05) is 0 Å². The molecule has 52 valence electrons. The van der Waals surface area contributed by atoms with Gasteiger partial charge >= 0.3 is 0 Å². The molecule has 2 saturated heterocycles. The zero-order chi connectivity index (χ0) is 6.10. The molecule has 2 aliphatic heterocycles. The lowest BCUT2D eigenvalue weighted by Gasteiger charge is -2.22. The van der Waals surface area contributed by atoms with Crippen LogP contribution in [0.15, 0.2) is 0 Å². The quantitative estimate of drug-likeness (QED) is 0.426. The summed E-state index contributed by atoms with van der Waals surface area (Å²) in [6, 6.07) is 0. The molecule has 0 aromatic rings. The van der Waals surface area contributed by atoms with Crippen molar-refractivity contribution in [3.05, 3.63) is 0 Å². The summed E-state index contributed by atoms with van der Waals surface area (Å²) in [5, 5.41) is 2.25. The van der Waals surface area contributed by atoms with Gasteiger partial charge < -0.3 is 14.8 Å². The third kappa shape index (κ3) is 0.956. The van der Waals surface area contributed by atoms with E-state index in [9.17, 15) is 0 Å². The molecule has 2 unspecified atom stereocenters. The maximum atomic E-state index is 5.45. The fourth-order valence-electron chi connectivity index (χ4n) is 1.48. The highest BCUT2D eigenvalue weighted by Gasteiger charge is 2.34. The van der Waals surface area contributed by atoms with E-state index in [2.05, 4.69) is 5.32 Å². The van der Waals surface area contributed by atoms with E-state index in [1.165, 1.54) is 0 Å². The largest absolute Gasteiger partial charge is 0.367 e. The number of fused-ring (bicyclic) bond motifs is 1. The molecule has 0 saturated carbocycles. The number of rotatable bonds is 0. The highest BCUT2D eigenvalue weighted by atomic mass is 16.6. The zero-order valence-electron chi connectivity index (χ0n) is 5.38. The molecule has 2 rings (SSSR count). The first kappa shape index (κ1) is 5.65. The Labute approximate surface area is 54.3 Å². The topological polar surface area (TPSA) is 35.1 Å². The third-order valence-electron chi connectivity index (χ3n) is 1.96. The molecule has 0 aromatic heterocycles. The van der Waals surface area contributed by atoms with E-state index in [0.717, 1.165) is 26.3 Å². The lowest BCUT2D eigenvalue weighted by Crippen LogP contribution is -2.82. The van der Waals surface area contributed by atoms with Crippen LogP contribution in [0.2, 0.25) is 0 Å². The Balaban J connectivity index is 1.97. The van der Waals surface area contributed by atoms with E-state index in [4.69, 9.17) is 9.47 Å². The summed E-state index contributed by atoms with van der Waals surface area (Å²) in [5.41, 5.74) is 0. The van der Waals surface area contributed by atoms with Crippen LogP contribution in [0, 0.1) is 0 Å². The Kier molecular flexibility index (Phi) is 1.41. The first-order chi connectivity index (χ1) is 4.47. The second-order valence-corrected chi connectivity index (χ2v) is 2.58. The van der Waals surface area contributed by atoms with Gasteiger partial charge in [-0.25, -0.2) is 0 Å². The molecule has 2 N–H and O–H groups in total. The average Bonchev–Trinajstić information content (AvgIpc) is 2.33. The van der Waals surface area contributed by atoms with Gasteiger partial charge in [0.2, 0.25) is 0 Å². The first-order valence-electron chi connectivity index (χ1n) is 3.52. The molecule has 0 amide bonds. The van der Waals surface area contributed by atoms with Crippen LogP contribution in [0.25, 0.3) is 0 Å². The van der Waals surface area contributed by atoms with Gasteiger partial charge in [0.1, 0.15) is 25.3 Å². The Morgan fingerprint density at radius 3 is 2.11 bits per heavy atom. The summed E-state index contributed by atoms with van der Waals surface area (Å²) in [5.74, 6) is 0. The highest BCUT2D eigenvalue weighted by Crippen LogP contribution is 2.09. The predicted molar refractivity (Wildman–Crippen MR) is 31.1 cm³/mol. The predicted octanol–water partition coefficient (Wildman–Crippen LogP) is -1.65. The summed E-state index contributed by atoms with van der Waals surface area (Å²) in [6.45, 7) is 3.75. The Morgan fingerprint density at radius 2 is 1.56 bits per heavy atom. The summed E-state index contributed by atoms with van der Waals surface area (Å²) < 4.78 is 10.9. The van der Waals surface area contributed by atoms with E-state index in [1.807, 2.05) is 0 Å². The normalized spacial score (nSPS) is 42.7. The summed E-state index contributed by atoms with van der Waals surface area (Å²) in [4.78, 5) is 0. The molecule has 0 radical (unpaired) electrons. The number of quaternary nitrogens is 1. The van der Waals surface area contributed by atoms with Gasteiger partial charge in [0.25, 0.3) is 0 Å². The maximum absolute atomic E-state index is 5.45. The Hall–Kier alpha value is -0.120. The molecule has 0 spiro atoms. The van der Waals surface area contributed by atoms with Crippen LogP contribution in [-0.4, -0.2) is 38.5 Å². The fraction of sp³-hybridized carbons (Fsp3) is 1.00. The van der Waals surface area contributed by atoms with Crippen molar-refractivity contribution in [2.24, 2.45) is 0 Å². The Bertz CT molecular complexity index is 95.2. The van der Waals surface area contributed by atoms with E-state index in [0.29, 0.717) is 12.2 Å². The second kappa shape index (κ2) is 2.25. The van der Waals surface area contributed by atoms with Crippen molar-refractivity contribution >= 4 is 0 Å². The molecule has 2 fully saturated rings. The van der Waals surface area contributed by atoms with Gasteiger partial charge in [-0.3, -0.25) is 0 Å². The molecule has 2 atom stereocenters. The van der Waals surface area contributed by atoms with Crippen molar-refractivity contribution in [2.45, 2.75) is 12.2 Å². The van der Waals surface area contributed by atoms with Crippen molar-refractivity contribution < 1.29 is 14.8 Å². The van der Waals surface area contributed by atoms with Gasteiger partial charge in [-0.05, 0) is 0 Å². The molecule has 2 heterocycles. The molecular formula is C6H12NO2+. The number of nitrogens with two attached hydrogens (primary N) is 1. The standard InChI is InChI=1S/C6H11NO2/c1-2-9-6-4-7-3-5(6)8-1/h5-7H,1-4H2/p+1. The van der Waals surface area contributed by atoms with Crippen molar-refractivity contribution in [3.63, 3.8) is 0 Å². The van der Waals surface area contributed by atoms with Gasteiger partial charge in [0.05, 0.1) is 13.2 Å². The maximum Gasteiger partial charge on any atom is 0.138 e. The first-order valence-corrected chi connectivity index (χ1v) is 3.52. The lowest BCUT2D eigenvalue weighted by atomic mass is 10.2. The van der Waals surface area contributed by atoms with Crippen molar-refractivity contribution in [1.82, 2.24) is 0 Å². The molecule has 3 heteroatoms. The number of hydrogen-bond donors (Lipinski definition) is 1. The molecule has 2 aliphatic rings. The van der Waals surface area contributed by atoms with Gasteiger partial charge in [0, 0.05) is 0 Å². The van der Waals surface area contributed by atoms with Crippen LogP contribution < -0.4 is 5.32 Å². The number of hydrogen-bond acceptors (Lipinski definition) is 2. The van der Waals surface area contributed by atoms with Crippen molar-refractivity contribution in [3.8, 4) is 0 Å². The SMILES string of the molecule is C1COC2C[NH2+]CC2O1. The van der Waals surface area contributed by atoms with E-state index in [1.54, 1.807) is 0 Å². The average molecular weight is 130 g/mol. The van der Waals surface area contributed by atoms with Gasteiger partial charge in [0.15, 0.2) is 0 Å². The van der Waals surface area contributed by atoms with E-state index in [-0.39, 0.29) is 0 Å². The molecule has 0 aromatic carbocycles. The summed E-state index contributed by atoms with van der Waals surface area (Å²) >= 11 is 0. The summed E-state index contributed by atoms with van der Waals surface area (Å²) in [7, 11) is 0. The van der Waals surface area contributed by atoms with E-state index < -0.39 is 0 Å². The minimum atomic E-state index is 0.388. The molecule has 0 bridgehead atoms. The minimum Gasteiger partial charge on any atom is -0.367 e. The van der Waals surface area contributed by atoms with Crippen molar-refractivity contribution in [1.29, 1.82) is 0 Å².